The van der Waals surface area contributed by atoms with Gasteiger partial charge in [-0.05, 0) is 43.5 Å². The van der Waals surface area contributed by atoms with Crippen LogP contribution in [0.15, 0.2) is 18.2 Å². The van der Waals surface area contributed by atoms with Crippen LogP contribution in [-0.4, -0.2) is 25.0 Å². The van der Waals surface area contributed by atoms with E-state index in [1.165, 1.54) is 25.0 Å². The molecule has 1 aliphatic rings. The zero-order valence-electron chi connectivity index (χ0n) is 10.7. The predicted molar refractivity (Wildman–Crippen MR) is 71.4 cm³/mol. The summed E-state index contributed by atoms with van der Waals surface area (Å²) in [4.78, 5) is 2.28. The van der Waals surface area contributed by atoms with Crippen molar-refractivity contribution in [2.45, 2.75) is 19.4 Å². The van der Waals surface area contributed by atoms with Crippen LogP contribution in [0.1, 0.15) is 24.0 Å². The number of hydrogen-bond acceptors (Lipinski definition) is 2. The second kappa shape index (κ2) is 5.99. The van der Waals surface area contributed by atoms with Crippen LogP contribution in [0.5, 0.6) is 0 Å². The van der Waals surface area contributed by atoms with Crippen molar-refractivity contribution >= 4 is 0 Å². The second-order valence-corrected chi connectivity index (χ2v) is 4.95. The van der Waals surface area contributed by atoms with Crippen molar-refractivity contribution in [3.8, 4) is 11.8 Å². The van der Waals surface area contributed by atoms with Crippen molar-refractivity contribution in [2.24, 2.45) is 11.7 Å². The number of nitrogens with two attached hydrogens (primary N) is 1. The van der Waals surface area contributed by atoms with Crippen LogP contribution in [0.25, 0.3) is 0 Å². The summed E-state index contributed by atoms with van der Waals surface area (Å²) in [6.07, 6.45) is 2.68. The third-order valence-electron chi connectivity index (χ3n) is 3.10. The fraction of sp³-hybridized carbons (Fsp3) is 0.467. The van der Waals surface area contributed by atoms with Gasteiger partial charge in [0.05, 0.1) is 6.54 Å². The molecule has 2 rings (SSSR count). The molecule has 1 aromatic rings. The van der Waals surface area contributed by atoms with E-state index in [0.29, 0.717) is 6.54 Å². The van der Waals surface area contributed by atoms with Gasteiger partial charge in [0.1, 0.15) is 5.82 Å². The third kappa shape index (κ3) is 3.83. The van der Waals surface area contributed by atoms with Gasteiger partial charge >= 0.3 is 0 Å². The minimum Gasteiger partial charge on any atom is -0.320 e. The van der Waals surface area contributed by atoms with Crippen molar-refractivity contribution in [3.05, 3.63) is 35.1 Å². The van der Waals surface area contributed by atoms with Crippen molar-refractivity contribution in [2.75, 3.05) is 20.1 Å². The molecule has 0 bridgehead atoms. The number of benzene rings is 1. The van der Waals surface area contributed by atoms with Crippen LogP contribution in [0.3, 0.4) is 0 Å². The Morgan fingerprint density at radius 3 is 2.89 bits per heavy atom. The molecule has 0 unspecified atom stereocenters. The summed E-state index contributed by atoms with van der Waals surface area (Å²) in [6.45, 7) is 2.22. The summed E-state index contributed by atoms with van der Waals surface area (Å²) in [7, 11) is 2.10. The first-order valence-corrected chi connectivity index (χ1v) is 6.35. The van der Waals surface area contributed by atoms with Gasteiger partial charge in [0.15, 0.2) is 0 Å². The molecule has 2 N–H and O–H groups in total. The summed E-state index contributed by atoms with van der Waals surface area (Å²) in [5, 5.41) is 0. The van der Waals surface area contributed by atoms with Crippen LogP contribution in [0.4, 0.5) is 4.39 Å². The van der Waals surface area contributed by atoms with Crippen molar-refractivity contribution in [3.63, 3.8) is 0 Å². The van der Waals surface area contributed by atoms with E-state index >= 15 is 0 Å². The van der Waals surface area contributed by atoms with Gasteiger partial charge in [0.25, 0.3) is 0 Å². The van der Waals surface area contributed by atoms with Crippen molar-refractivity contribution in [1.82, 2.24) is 4.90 Å². The van der Waals surface area contributed by atoms with E-state index in [2.05, 4.69) is 23.8 Å². The Labute approximate surface area is 108 Å². The Morgan fingerprint density at radius 2 is 2.22 bits per heavy atom. The molecular formula is C15H19FN2. The monoisotopic (exact) mass is 246 g/mol. The Balaban J connectivity index is 2.09. The number of halogens is 1. The van der Waals surface area contributed by atoms with Gasteiger partial charge in [0.2, 0.25) is 0 Å². The van der Waals surface area contributed by atoms with E-state index in [1.807, 2.05) is 6.07 Å². The smallest absolute Gasteiger partial charge is 0.124 e. The first-order valence-electron chi connectivity index (χ1n) is 6.35. The molecule has 18 heavy (non-hydrogen) atoms. The zero-order valence-corrected chi connectivity index (χ0v) is 10.7. The SMILES string of the molecule is CN(Cc1ccc(F)cc1C#CCN)CC1CC1. The fourth-order valence-electron chi connectivity index (χ4n) is 2.05. The first-order chi connectivity index (χ1) is 8.69. The summed E-state index contributed by atoms with van der Waals surface area (Å²) in [5.41, 5.74) is 7.18. The topological polar surface area (TPSA) is 29.3 Å². The molecule has 0 aromatic heterocycles. The van der Waals surface area contributed by atoms with Crippen LogP contribution in [-0.2, 0) is 6.54 Å². The molecule has 0 saturated heterocycles. The van der Waals surface area contributed by atoms with Crippen LogP contribution >= 0.6 is 0 Å². The van der Waals surface area contributed by atoms with Crippen LogP contribution in [0, 0.1) is 23.6 Å². The quantitative estimate of drug-likeness (QED) is 0.823. The Morgan fingerprint density at radius 1 is 1.44 bits per heavy atom. The Bertz CT molecular complexity index is 469. The van der Waals surface area contributed by atoms with Gasteiger partial charge in [-0.15, -0.1) is 0 Å². The highest BCUT2D eigenvalue weighted by molar-refractivity contribution is 5.41. The molecule has 1 aliphatic carbocycles. The van der Waals surface area contributed by atoms with Gasteiger partial charge < -0.3 is 10.6 Å². The third-order valence-corrected chi connectivity index (χ3v) is 3.10. The zero-order chi connectivity index (χ0) is 13.0. The van der Waals surface area contributed by atoms with Crippen LogP contribution in [0.2, 0.25) is 0 Å². The summed E-state index contributed by atoms with van der Waals surface area (Å²) >= 11 is 0. The lowest BCUT2D eigenvalue weighted by Crippen LogP contribution is -2.21. The molecule has 1 fully saturated rings. The molecule has 1 aromatic carbocycles. The number of rotatable bonds is 4. The largest absolute Gasteiger partial charge is 0.320 e. The van der Waals surface area contributed by atoms with E-state index in [-0.39, 0.29) is 5.82 Å². The summed E-state index contributed by atoms with van der Waals surface area (Å²) < 4.78 is 13.2. The second-order valence-electron chi connectivity index (χ2n) is 4.95. The van der Waals surface area contributed by atoms with E-state index in [0.717, 1.165) is 30.1 Å². The minimum absolute atomic E-state index is 0.245. The molecule has 0 radical (unpaired) electrons. The maximum atomic E-state index is 13.2. The van der Waals surface area contributed by atoms with E-state index in [9.17, 15) is 4.39 Å². The Hall–Kier alpha value is -1.37. The lowest BCUT2D eigenvalue weighted by Gasteiger charge is -2.17. The normalized spacial score (nSPS) is 14.4. The van der Waals surface area contributed by atoms with Gasteiger partial charge in [0, 0.05) is 18.7 Å². The number of nitrogens with zero attached hydrogens (tertiary/aromatic N) is 1. The summed E-state index contributed by atoms with van der Waals surface area (Å²) in [6, 6.07) is 4.80. The maximum Gasteiger partial charge on any atom is 0.124 e. The molecule has 96 valence electrons. The minimum atomic E-state index is -0.245. The molecule has 2 nitrogen and oxygen atoms in total. The lowest BCUT2D eigenvalue weighted by atomic mass is 10.1. The molecule has 1 saturated carbocycles. The first kappa shape index (κ1) is 13.1. The van der Waals surface area contributed by atoms with Crippen LogP contribution < -0.4 is 5.73 Å². The highest BCUT2D eigenvalue weighted by atomic mass is 19.1. The average Bonchev–Trinajstić information content (AvgIpc) is 3.13. The Kier molecular flexibility index (Phi) is 4.35. The standard InChI is InChI=1S/C15H19FN2/c1-18(10-12-4-5-12)11-14-6-7-15(16)9-13(14)3-2-8-17/h6-7,9,12H,4-5,8,10-11,17H2,1H3. The molecule has 3 heteroatoms. The lowest BCUT2D eigenvalue weighted by molar-refractivity contribution is 0.312. The molecular weight excluding hydrogens is 227 g/mol. The van der Waals surface area contributed by atoms with E-state index in [1.54, 1.807) is 0 Å². The predicted octanol–water partition coefficient (Wildman–Crippen LogP) is 1.98. The molecule has 0 aliphatic heterocycles. The van der Waals surface area contributed by atoms with Crippen molar-refractivity contribution < 1.29 is 4.39 Å². The van der Waals surface area contributed by atoms with E-state index < -0.39 is 0 Å². The number of hydrogen-bond donors (Lipinski definition) is 1. The van der Waals surface area contributed by atoms with Gasteiger partial charge in [-0.2, -0.15) is 0 Å². The molecule has 0 amide bonds. The highest BCUT2D eigenvalue weighted by Crippen LogP contribution is 2.29. The summed E-state index contributed by atoms with van der Waals surface area (Å²) in [5.74, 6) is 6.35. The van der Waals surface area contributed by atoms with Gasteiger partial charge in [-0.3, -0.25) is 0 Å². The average molecular weight is 246 g/mol. The highest BCUT2D eigenvalue weighted by Gasteiger charge is 2.22. The van der Waals surface area contributed by atoms with Crippen molar-refractivity contribution in [1.29, 1.82) is 0 Å². The van der Waals surface area contributed by atoms with E-state index in [4.69, 9.17) is 5.73 Å². The fourth-order valence-corrected chi connectivity index (χ4v) is 2.05. The maximum absolute atomic E-state index is 13.2. The molecule has 0 spiro atoms. The molecule has 0 atom stereocenters. The molecule has 0 heterocycles. The van der Waals surface area contributed by atoms with Gasteiger partial charge in [-0.25, -0.2) is 4.39 Å². The van der Waals surface area contributed by atoms with Gasteiger partial charge in [-0.1, -0.05) is 17.9 Å².